The lowest BCUT2D eigenvalue weighted by atomic mass is 10.1. The molecule has 2 rings (SSSR count). The number of halogens is 1. The van der Waals surface area contributed by atoms with Crippen molar-refractivity contribution in [3.05, 3.63) is 9.74 Å². The van der Waals surface area contributed by atoms with E-state index >= 15 is 0 Å². The zero-order valence-electron chi connectivity index (χ0n) is 7.12. The Bertz CT molecular complexity index is 298. The van der Waals surface area contributed by atoms with Crippen molar-refractivity contribution < 1.29 is 9.47 Å². The highest BCUT2D eigenvalue weighted by atomic mass is 79.9. The van der Waals surface area contributed by atoms with Gasteiger partial charge < -0.3 is 9.47 Å². The van der Waals surface area contributed by atoms with Crippen LogP contribution in [0, 0.1) is 0 Å². The van der Waals surface area contributed by atoms with Gasteiger partial charge in [-0.2, -0.15) is 4.37 Å². The standard InChI is InChI=1S/C7H9BrN2O2S/c1-11-7(2-3-12-4-7)5-9-6(8)10-13-5/h2-4H2,1H3. The van der Waals surface area contributed by atoms with Gasteiger partial charge in [0.1, 0.15) is 10.6 Å². The molecule has 1 aliphatic rings. The molecule has 0 saturated carbocycles. The highest BCUT2D eigenvalue weighted by Gasteiger charge is 2.40. The second-order valence-electron chi connectivity index (χ2n) is 2.87. The summed E-state index contributed by atoms with van der Waals surface area (Å²) in [6.45, 7) is 1.30. The molecule has 0 bridgehead atoms. The monoisotopic (exact) mass is 264 g/mol. The smallest absolute Gasteiger partial charge is 0.209 e. The fraction of sp³-hybridized carbons (Fsp3) is 0.714. The maximum absolute atomic E-state index is 5.46. The third-order valence-electron chi connectivity index (χ3n) is 2.17. The molecule has 1 saturated heterocycles. The molecular formula is C7H9BrN2O2S. The fourth-order valence-corrected chi connectivity index (χ4v) is 2.61. The number of methoxy groups -OCH3 is 1. The Morgan fingerprint density at radius 1 is 1.69 bits per heavy atom. The summed E-state index contributed by atoms with van der Waals surface area (Å²) in [6, 6.07) is 0. The van der Waals surface area contributed by atoms with Crippen LogP contribution in [0.15, 0.2) is 4.73 Å². The molecule has 1 aromatic heterocycles. The van der Waals surface area contributed by atoms with Gasteiger partial charge in [0.25, 0.3) is 0 Å². The largest absolute Gasteiger partial charge is 0.378 e. The van der Waals surface area contributed by atoms with Crippen molar-refractivity contribution in [2.45, 2.75) is 12.0 Å². The van der Waals surface area contributed by atoms with Crippen LogP contribution >= 0.6 is 27.5 Å². The lowest BCUT2D eigenvalue weighted by Crippen LogP contribution is -2.28. The number of nitrogens with zero attached hydrogens (tertiary/aromatic N) is 2. The second-order valence-corrected chi connectivity index (χ2v) is 4.33. The van der Waals surface area contributed by atoms with Crippen molar-refractivity contribution in [1.82, 2.24) is 9.36 Å². The van der Waals surface area contributed by atoms with Crippen molar-refractivity contribution in [3.63, 3.8) is 0 Å². The number of aromatic nitrogens is 2. The van der Waals surface area contributed by atoms with Crippen LogP contribution < -0.4 is 0 Å². The Morgan fingerprint density at radius 2 is 2.54 bits per heavy atom. The molecule has 1 aliphatic heterocycles. The van der Waals surface area contributed by atoms with Crippen LogP contribution in [0.4, 0.5) is 0 Å². The van der Waals surface area contributed by atoms with Gasteiger partial charge in [0.05, 0.1) is 6.61 Å². The van der Waals surface area contributed by atoms with Crippen LogP contribution in [0.1, 0.15) is 11.4 Å². The molecule has 13 heavy (non-hydrogen) atoms. The third-order valence-corrected chi connectivity index (χ3v) is 3.66. The molecule has 0 aliphatic carbocycles. The SMILES string of the molecule is COC1(c2nc(Br)ns2)CCOC1. The Balaban J connectivity index is 2.30. The van der Waals surface area contributed by atoms with Crippen molar-refractivity contribution in [3.8, 4) is 0 Å². The van der Waals surface area contributed by atoms with Crippen molar-refractivity contribution >= 4 is 27.5 Å². The van der Waals surface area contributed by atoms with Gasteiger partial charge >= 0.3 is 0 Å². The minimum Gasteiger partial charge on any atom is -0.378 e. The van der Waals surface area contributed by atoms with Crippen LogP contribution in [0.25, 0.3) is 0 Å². The first kappa shape index (κ1) is 9.51. The third kappa shape index (κ3) is 1.63. The summed E-state index contributed by atoms with van der Waals surface area (Å²) in [6.07, 6.45) is 0.852. The van der Waals surface area contributed by atoms with Crippen LogP contribution in [-0.2, 0) is 15.1 Å². The van der Waals surface area contributed by atoms with Crippen LogP contribution in [0.3, 0.4) is 0 Å². The Kier molecular flexibility index (Phi) is 2.64. The molecule has 0 radical (unpaired) electrons. The zero-order chi connectivity index (χ0) is 9.31. The number of hydrogen-bond donors (Lipinski definition) is 0. The van der Waals surface area contributed by atoms with Gasteiger partial charge in [-0.25, -0.2) is 4.98 Å². The molecule has 2 heterocycles. The molecular weight excluding hydrogens is 256 g/mol. The summed E-state index contributed by atoms with van der Waals surface area (Å²) in [5.74, 6) is 0. The van der Waals surface area contributed by atoms with Crippen LogP contribution in [-0.4, -0.2) is 29.7 Å². The Hall–Kier alpha value is -0.0400. The number of rotatable bonds is 2. The van der Waals surface area contributed by atoms with E-state index in [0.29, 0.717) is 11.3 Å². The quantitative estimate of drug-likeness (QED) is 0.814. The summed E-state index contributed by atoms with van der Waals surface area (Å²) in [5.41, 5.74) is -0.357. The predicted octanol–water partition coefficient (Wildman–Crippen LogP) is 1.56. The van der Waals surface area contributed by atoms with E-state index in [1.165, 1.54) is 11.5 Å². The molecule has 0 spiro atoms. The molecule has 1 atom stereocenters. The Labute approximate surface area is 88.6 Å². The molecule has 0 aromatic carbocycles. The Morgan fingerprint density at radius 3 is 3.00 bits per heavy atom. The zero-order valence-corrected chi connectivity index (χ0v) is 9.52. The average molecular weight is 265 g/mol. The molecule has 0 amide bonds. The van der Waals surface area contributed by atoms with E-state index in [-0.39, 0.29) is 5.60 Å². The van der Waals surface area contributed by atoms with E-state index in [4.69, 9.17) is 9.47 Å². The predicted molar refractivity (Wildman–Crippen MR) is 51.7 cm³/mol. The molecule has 1 fully saturated rings. The molecule has 72 valence electrons. The fourth-order valence-electron chi connectivity index (χ4n) is 1.35. The van der Waals surface area contributed by atoms with E-state index in [9.17, 15) is 0 Å². The van der Waals surface area contributed by atoms with Gasteiger partial charge in [0.15, 0.2) is 0 Å². The van der Waals surface area contributed by atoms with E-state index in [1.54, 1.807) is 7.11 Å². The highest BCUT2D eigenvalue weighted by Crippen LogP contribution is 2.35. The molecule has 4 nitrogen and oxygen atoms in total. The molecule has 6 heteroatoms. The summed E-state index contributed by atoms with van der Waals surface area (Å²) in [7, 11) is 1.68. The summed E-state index contributed by atoms with van der Waals surface area (Å²) in [4.78, 5) is 4.25. The van der Waals surface area contributed by atoms with E-state index in [2.05, 4.69) is 25.3 Å². The molecule has 1 aromatic rings. The van der Waals surface area contributed by atoms with Crippen molar-refractivity contribution in [2.24, 2.45) is 0 Å². The van der Waals surface area contributed by atoms with Gasteiger partial charge in [-0.3, -0.25) is 0 Å². The topological polar surface area (TPSA) is 44.2 Å². The van der Waals surface area contributed by atoms with E-state index in [0.717, 1.165) is 18.0 Å². The summed E-state index contributed by atoms with van der Waals surface area (Å²) < 4.78 is 15.5. The maximum atomic E-state index is 5.46. The lowest BCUT2D eigenvalue weighted by Gasteiger charge is -2.21. The second kappa shape index (κ2) is 3.61. The van der Waals surface area contributed by atoms with Crippen LogP contribution in [0.2, 0.25) is 0 Å². The summed E-state index contributed by atoms with van der Waals surface area (Å²) >= 11 is 4.58. The summed E-state index contributed by atoms with van der Waals surface area (Å²) in [5, 5.41) is 0.888. The van der Waals surface area contributed by atoms with Gasteiger partial charge in [-0.1, -0.05) is 0 Å². The minimum atomic E-state index is -0.357. The van der Waals surface area contributed by atoms with Gasteiger partial charge in [-0.15, -0.1) is 0 Å². The lowest BCUT2D eigenvalue weighted by molar-refractivity contribution is -0.0215. The van der Waals surface area contributed by atoms with E-state index in [1.807, 2.05) is 0 Å². The van der Waals surface area contributed by atoms with Crippen molar-refractivity contribution in [1.29, 1.82) is 0 Å². The first-order chi connectivity index (χ1) is 6.27. The maximum Gasteiger partial charge on any atom is 0.209 e. The number of ether oxygens (including phenoxy) is 2. The molecule has 1 unspecified atom stereocenters. The minimum absolute atomic E-state index is 0.357. The van der Waals surface area contributed by atoms with E-state index < -0.39 is 0 Å². The number of hydrogen-bond acceptors (Lipinski definition) is 5. The first-order valence-corrected chi connectivity index (χ1v) is 5.46. The average Bonchev–Trinajstić information content (AvgIpc) is 2.73. The highest BCUT2D eigenvalue weighted by molar-refractivity contribution is 9.10. The molecule has 0 N–H and O–H groups in total. The van der Waals surface area contributed by atoms with Crippen LogP contribution in [0.5, 0.6) is 0 Å². The first-order valence-electron chi connectivity index (χ1n) is 3.89. The van der Waals surface area contributed by atoms with Gasteiger partial charge in [-0.05, 0) is 27.5 Å². The van der Waals surface area contributed by atoms with Crippen molar-refractivity contribution in [2.75, 3.05) is 20.3 Å². The van der Waals surface area contributed by atoms with Gasteiger partial charge in [0, 0.05) is 20.1 Å². The van der Waals surface area contributed by atoms with Gasteiger partial charge in [0.2, 0.25) is 4.73 Å². The normalized spacial score (nSPS) is 28.2.